The Morgan fingerprint density at radius 1 is 1.15 bits per heavy atom. The molecular formula is C17H21NO2. The Kier molecular flexibility index (Phi) is 4.74. The fourth-order valence-corrected chi connectivity index (χ4v) is 2.40. The second kappa shape index (κ2) is 6.53. The summed E-state index contributed by atoms with van der Waals surface area (Å²) < 4.78 is 0. The number of carbonyl (C=O) groups is 1. The van der Waals surface area contributed by atoms with Crippen LogP contribution in [0.4, 0.5) is 0 Å². The van der Waals surface area contributed by atoms with Gasteiger partial charge in [-0.05, 0) is 30.2 Å². The lowest BCUT2D eigenvalue weighted by atomic mass is 10.0. The molecule has 2 aromatic rings. The molecule has 20 heavy (non-hydrogen) atoms. The SMILES string of the molecule is CC(C)N(CCO)C(=O)Cc1ccc2ccccc2c1. The summed E-state index contributed by atoms with van der Waals surface area (Å²) in [5, 5.41) is 11.4. The number of fused-ring (bicyclic) bond motifs is 1. The number of amides is 1. The smallest absolute Gasteiger partial charge is 0.227 e. The molecule has 3 heteroatoms. The molecule has 0 saturated heterocycles. The number of carbonyl (C=O) groups excluding carboxylic acids is 1. The van der Waals surface area contributed by atoms with E-state index >= 15 is 0 Å². The van der Waals surface area contributed by atoms with E-state index in [1.54, 1.807) is 4.90 Å². The molecule has 0 bridgehead atoms. The van der Waals surface area contributed by atoms with Crippen molar-refractivity contribution in [2.75, 3.05) is 13.2 Å². The molecule has 0 saturated carbocycles. The molecular weight excluding hydrogens is 250 g/mol. The van der Waals surface area contributed by atoms with Crippen LogP contribution in [0.3, 0.4) is 0 Å². The second-order valence-electron chi connectivity index (χ2n) is 5.26. The van der Waals surface area contributed by atoms with Crippen molar-refractivity contribution < 1.29 is 9.90 Å². The molecule has 0 spiro atoms. The molecule has 2 aromatic carbocycles. The van der Waals surface area contributed by atoms with Crippen molar-refractivity contribution in [1.29, 1.82) is 0 Å². The predicted octanol–water partition coefficient (Wildman–Crippen LogP) is 2.61. The third kappa shape index (κ3) is 3.36. The minimum Gasteiger partial charge on any atom is -0.395 e. The van der Waals surface area contributed by atoms with E-state index in [-0.39, 0.29) is 18.6 Å². The summed E-state index contributed by atoms with van der Waals surface area (Å²) in [5.41, 5.74) is 1.01. The first-order valence-electron chi connectivity index (χ1n) is 7.00. The molecule has 3 nitrogen and oxygen atoms in total. The second-order valence-corrected chi connectivity index (χ2v) is 5.26. The normalized spacial score (nSPS) is 11.0. The first-order chi connectivity index (χ1) is 9.61. The number of nitrogens with zero attached hydrogens (tertiary/aromatic N) is 1. The molecule has 1 N–H and O–H groups in total. The van der Waals surface area contributed by atoms with Crippen LogP contribution in [-0.2, 0) is 11.2 Å². The standard InChI is InChI=1S/C17H21NO2/c1-13(2)18(9-10-19)17(20)12-14-7-8-15-5-3-4-6-16(15)11-14/h3-8,11,13,19H,9-10,12H2,1-2H3. The summed E-state index contributed by atoms with van der Waals surface area (Å²) in [7, 11) is 0. The van der Waals surface area contributed by atoms with Gasteiger partial charge in [-0.2, -0.15) is 0 Å². The highest BCUT2D eigenvalue weighted by atomic mass is 16.3. The number of hydrogen-bond donors (Lipinski definition) is 1. The van der Waals surface area contributed by atoms with E-state index < -0.39 is 0 Å². The molecule has 0 aliphatic carbocycles. The zero-order valence-corrected chi connectivity index (χ0v) is 12.0. The van der Waals surface area contributed by atoms with Gasteiger partial charge in [-0.15, -0.1) is 0 Å². The van der Waals surface area contributed by atoms with Crippen LogP contribution in [0.5, 0.6) is 0 Å². The van der Waals surface area contributed by atoms with Gasteiger partial charge in [-0.25, -0.2) is 0 Å². The molecule has 0 fully saturated rings. The molecule has 2 rings (SSSR count). The summed E-state index contributed by atoms with van der Waals surface area (Å²) in [6.07, 6.45) is 0.378. The van der Waals surface area contributed by atoms with Gasteiger partial charge in [0.05, 0.1) is 13.0 Å². The van der Waals surface area contributed by atoms with Gasteiger partial charge in [0, 0.05) is 12.6 Å². The Hall–Kier alpha value is -1.87. The van der Waals surface area contributed by atoms with Gasteiger partial charge < -0.3 is 10.0 Å². The van der Waals surface area contributed by atoms with Gasteiger partial charge in [0.25, 0.3) is 0 Å². The highest BCUT2D eigenvalue weighted by Crippen LogP contribution is 2.16. The van der Waals surface area contributed by atoms with E-state index in [1.807, 2.05) is 38.1 Å². The van der Waals surface area contributed by atoms with E-state index in [1.165, 1.54) is 5.39 Å². The van der Waals surface area contributed by atoms with Gasteiger partial charge in [0.1, 0.15) is 0 Å². The van der Waals surface area contributed by atoms with Crippen LogP contribution in [0, 0.1) is 0 Å². The molecule has 0 unspecified atom stereocenters. The van der Waals surface area contributed by atoms with Crippen LogP contribution in [-0.4, -0.2) is 35.1 Å². The summed E-state index contributed by atoms with van der Waals surface area (Å²) in [5.74, 6) is 0.0596. The van der Waals surface area contributed by atoms with E-state index in [4.69, 9.17) is 5.11 Å². The van der Waals surface area contributed by atoms with Crippen molar-refractivity contribution >= 4 is 16.7 Å². The maximum atomic E-state index is 12.3. The largest absolute Gasteiger partial charge is 0.395 e. The Morgan fingerprint density at radius 3 is 2.50 bits per heavy atom. The highest BCUT2D eigenvalue weighted by molar-refractivity contribution is 5.85. The molecule has 0 aromatic heterocycles. The monoisotopic (exact) mass is 271 g/mol. The van der Waals surface area contributed by atoms with E-state index in [0.29, 0.717) is 13.0 Å². The first kappa shape index (κ1) is 14.5. The van der Waals surface area contributed by atoms with Crippen molar-refractivity contribution in [3.05, 3.63) is 48.0 Å². The third-order valence-corrected chi connectivity index (χ3v) is 3.45. The maximum Gasteiger partial charge on any atom is 0.227 e. The van der Waals surface area contributed by atoms with Crippen LogP contribution < -0.4 is 0 Å². The Labute approximate surface area is 119 Å². The van der Waals surface area contributed by atoms with Gasteiger partial charge in [-0.3, -0.25) is 4.79 Å². The Bertz CT molecular complexity index is 592. The lowest BCUT2D eigenvalue weighted by molar-refractivity contribution is -0.132. The van der Waals surface area contributed by atoms with Gasteiger partial charge in [0.15, 0.2) is 0 Å². The molecule has 0 aliphatic rings. The van der Waals surface area contributed by atoms with Crippen LogP contribution in [0.2, 0.25) is 0 Å². The summed E-state index contributed by atoms with van der Waals surface area (Å²) in [6, 6.07) is 14.3. The summed E-state index contributed by atoms with van der Waals surface area (Å²) >= 11 is 0. The molecule has 0 radical (unpaired) electrons. The zero-order valence-electron chi connectivity index (χ0n) is 12.0. The Morgan fingerprint density at radius 2 is 1.85 bits per heavy atom. The fourth-order valence-electron chi connectivity index (χ4n) is 2.40. The predicted molar refractivity (Wildman–Crippen MR) is 81.6 cm³/mol. The van der Waals surface area contributed by atoms with Crippen molar-refractivity contribution in [1.82, 2.24) is 4.90 Å². The van der Waals surface area contributed by atoms with Gasteiger partial charge >= 0.3 is 0 Å². The lowest BCUT2D eigenvalue weighted by Gasteiger charge is -2.26. The first-order valence-corrected chi connectivity index (χ1v) is 7.00. The van der Waals surface area contributed by atoms with E-state index in [9.17, 15) is 4.79 Å². The maximum absolute atomic E-state index is 12.3. The molecule has 0 aliphatic heterocycles. The van der Waals surface area contributed by atoms with Crippen molar-refractivity contribution in [2.24, 2.45) is 0 Å². The summed E-state index contributed by atoms with van der Waals surface area (Å²) in [6.45, 7) is 4.33. The molecule has 0 atom stereocenters. The molecule has 1 amide bonds. The fraction of sp³-hybridized carbons (Fsp3) is 0.353. The summed E-state index contributed by atoms with van der Waals surface area (Å²) in [4.78, 5) is 14.0. The van der Waals surface area contributed by atoms with Crippen molar-refractivity contribution in [3.8, 4) is 0 Å². The number of aliphatic hydroxyl groups excluding tert-OH is 1. The van der Waals surface area contributed by atoms with Crippen LogP contribution in [0.15, 0.2) is 42.5 Å². The number of rotatable bonds is 5. The lowest BCUT2D eigenvalue weighted by Crippen LogP contribution is -2.39. The van der Waals surface area contributed by atoms with E-state index in [2.05, 4.69) is 18.2 Å². The zero-order chi connectivity index (χ0) is 14.5. The van der Waals surface area contributed by atoms with Gasteiger partial charge in [0.2, 0.25) is 5.91 Å². The quantitative estimate of drug-likeness (QED) is 0.908. The van der Waals surface area contributed by atoms with Crippen LogP contribution in [0.25, 0.3) is 10.8 Å². The average Bonchev–Trinajstić information content (AvgIpc) is 2.44. The topological polar surface area (TPSA) is 40.5 Å². The minimum absolute atomic E-state index is 0.00163. The Balaban J connectivity index is 2.16. The number of aliphatic hydroxyl groups is 1. The van der Waals surface area contributed by atoms with E-state index in [0.717, 1.165) is 10.9 Å². The minimum atomic E-state index is 0.00163. The highest BCUT2D eigenvalue weighted by Gasteiger charge is 2.16. The van der Waals surface area contributed by atoms with Crippen LogP contribution >= 0.6 is 0 Å². The van der Waals surface area contributed by atoms with Gasteiger partial charge in [-0.1, -0.05) is 42.5 Å². The molecule has 0 heterocycles. The number of hydrogen-bond acceptors (Lipinski definition) is 2. The average molecular weight is 271 g/mol. The number of benzene rings is 2. The van der Waals surface area contributed by atoms with Crippen molar-refractivity contribution in [3.63, 3.8) is 0 Å². The molecule has 106 valence electrons. The van der Waals surface area contributed by atoms with Crippen LogP contribution in [0.1, 0.15) is 19.4 Å². The van der Waals surface area contributed by atoms with Crippen molar-refractivity contribution in [2.45, 2.75) is 26.3 Å². The third-order valence-electron chi connectivity index (χ3n) is 3.45.